The Morgan fingerprint density at radius 1 is 1.00 bits per heavy atom. The number of aryl methyl sites for hydroxylation is 1. The van der Waals surface area contributed by atoms with E-state index in [4.69, 9.17) is 0 Å². The van der Waals surface area contributed by atoms with E-state index in [1.54, 1.807) is 18.6 Å². The van der Waals surface area contributed by atoms with Crippen molar-refractivity contribution in [3.05, 3.63) is 60.4 Å². The number of hydrogen-bond donors (Lipinski definition) is 1. The van der Waals surface area contributed by atoms with Gasteiger partial charge in [-0.15, -0.1) is 0 Å². The number of pyridine rings is 1. The molecule has 0 bridgehead atoms. The van der Waals surface area contributed by atoms with E-state index in [9.17, 15) is 0 Å². The first-order valence-corrected chi connectivity index (χ1v) is 8.83. The minimum Gasteiger partial charge on any atom is -0.340 e. The summed E-state index contributed by atoms with van der Waals surface area (Å²) in [6, 6.07) is 9.63. The quantitative estimate of drug-likeness (QED) is 0.777. The summed E-state index contributed by atoms with van der Waals surface area (Å²) in [4.78, 5) is 24.5. The van der Waals surface area contributed by atoms with Gasteiger partial charge in [-0.25, -0.2) is 24.9 Å². The number of nitrogens with zero attached hydrogens (tertiary/aromatic N) is 6. The summed E-state index contributed by atoms with van der Waals surface area (Å²) in [7, 11) is 0. The Morgan fingerprint density at radius 3 is 2.65 bits per heavy atom. The molecule has 0 radical (unpaired) electrons. The van der Waals surface area contributed by atoms with Crippen molar-refractivity contribution in [1.82, 2.24) is 24.9 Å². The van der Waals surface area contributed by atoms with Gasteiger partial charge in [0.15, 0.2) is 0 Å². The average Bonchev–Trinajstić information content (AvgIpc) is 2.69. The molecule has 0 saturated carbocycles. The predicted octanol–water partition coefficient (Wildman–Crippen LogP) is 3.10. The molecular weight excluding hydrogens is 326 g/mol. The number of nitrogens with one attached hydrogen (secondary N) is 1. The molecule has 132 valence electrons. The lowest BCUT2D eigenvalue weighted by molar-refractivity contribution is 0.494. The fraction of sp³-hybridized carbons (Fsp3) is 0.316. The molecule has 0 amide bonds. The lowest BCUT2D eigenvalue weighted by Gasteiger charge is -2.32. The number of rotatable bonds is 4. The Balaban J connectivity index is 1.55. The van der Waals surface area contributed by atoms with Gasteiger partial charge in [0.25, 0.3) is 0 Å². The van der Waals surface area contributed by atoms with Gasteiger partial charge in [-0.3, -0.25) is 0 Å². The molecule has 3 aromatic heterocycles. The van der Waals surface area contributed by atoms with Crippen LogP contribution in [0.15, 0.2) is 48.9 Å². The summed E-state index contributed by atoms with van der Waals surface area (Å²) in [6.45, 7) is 3.76. The van der Waals surface area contributed by atoms with Gasteiger partial charge in [-0.05, 0) is 38.0 Å². The van der Waals surface area contributed by atoms with E-state index in [0.717, 1.165) is 55.0 Å². The third-order valence-electron chi connectivity index (χ3n) is 4.45. The Kier molecular flexibility index (Phi) is 4.68. The topological polar surface area (TPSA) is 79.7 Å². The van der Waals surface area contributed by atoms with Crippen molar-refractivity contribution in [2.45, 2.75) is 25.7 Å². The molecule has 1 aliphatic heterocycles. The van der Waals surface area contributed by atoms with Crippen LogP contribution >= 0.6 is 0 Å². The number of piperidine rings is 1. The second-order valence-electron chi connectivity index (χ2n) is 6.40. The predicted molar refractivity (Wildman–Crippen MR) is 101 cm³/mol. The summed E-state index contributed by atoms with van der Waals surface area (Å²) in [5.74, 6) is 3.43. The standard InChI is InChI=1S/C19H21N7/c1-14-23-16(12-18(24-14)25-17-7-2-3-8-20-17)15-6-4-11-26(13-15)19-21-9-5-10-22-19/h2-3,5,7-10,12,15H,4,6,11,13H2,1H3,(H,20,23,24,25)/t15-/m0/s1. The molecule has 1 atom stereocenters. The zero-order valence-corrected chi connectivity index (χ0v) is 14.7. The van der Waals surface area contributed by atoms with E-state index >= 15 is 0 Å². The van der Waals surface area contributed by atoms with Crippen molar-refractivity contribution in [3.8, 4) is 0 Å². The van der Waals surface area contributed by atoms with Crippen LogP contribution in [0.25, 0.3) is 0 Å². The van der Waals surface area contributed by atoms with E-state index in [0.29, 0.717) is 5.92 Å². The van der Waals surface area contributed by atoms with Crippen LogP contribution in [0.4, 0.5) is 17.6 Å². The summed E-state index contributed by atoms with van der Waals surface area (Å²) in [5, 5.41) is 3.27. The van der Waals surface area contributed by atoms with Crippen molar-refractivity contribution in [3.63, 3.8) is 0 Å². The fourth-order valence-corrected chi connectivity index (χ4v) is 3.29. The van der Waals surface area contributed by atoms with Crippen LogP contribution in [0.5, 0.6) is 0 Å². The van der Waals surface area contributed by atoms with Crippen LogP contribution in [-0.4, -0.2) is 38.0 Å². The molecule has 7 heteroatoms. The van der Waals surface area contributed by atoms with Gasteiger partial charge in [0.05, 0.1) is 5.69 Å². The maximum absolute atomic E-state index is 4.69. The highest BCUT2D eigenvalue weighted by atomic mass is 15.3. The number of hydrogen-bond acceptors (Lipinski definition) is 7. The van der Waals surface area contributed by atoms with E-state index in [-0.39, 0.29) is 0 Å². The molecule has 0 aliphatic carbocycles. The monoisotopic (exact) mass is 347 g/mol. The van der Waals surface area contributed by atoms with Crippen LogP contribution in [-0.2, 0) is 0 Å². The van der Waals surface area contributed by atoms with E-state index in [1.807, 2.05) is 37.3 Å². The highest BCUT2D eigenvalue weighted by Gasteiger charge is 2.24. The molecule has 1 fully saturated rings. The van der Waals surface area contributed by atoms with Gasteiger partial charge in [0, 0.05) is 43.7 Å². The van der Waals surface area contributed by atoms with Crippen molar-refractivity contribution >= 4 is 17.6 Å². The van der Waals surface area contributed by atoms with Gasteiger partial charge in [-0.2, -0.15) is 0 Å². The summed E-state index contributed by atoms with van der Waals surface area (Å²) < 4.78 is 0. The Morgan fingerprint density at radius 2 is 1.85 bits per heavy atom. The van der Waals surface area contributed by atoms with E-state index in [2.05, 4.69) is 35.1 Å². The summed E-state index contributed by atoms with van der Waals surface area (Å²) in [6.07, 6.45) is 7.53. The molecule has 1 aliphatic rings. The molecule has 26 heavy (non-hydrogen) atoms. The zero-order chi connectivity index (χ0) is 17.8. The van der Waals surface area contributed by atoms with Gasteiger partial charge in [-0.1, -0.05) is 6.07 Å². The summed E-state index contributed by atoms with van der Waals surface area (Å²) >= 11 is 0. The minimum atomic E-state index is 0.332. The third-order valence-corrected chi connectivity index (χ3v) is 4.45. The Labute approximate surface area is 152 Å². The molecule has 0 aromatic carbocycles. The minimum absolute atomic E-state index is 0.332. The molecule has 7 nitrogen and oxygen atoms in total. The molecule has 3 aromatic rings. The molecule has 1 saturated heterocycles. The first-order valence-electron chi connectivity index (χ1n) is 8.83. The van der Waals surface area contributed by atoms with Gasteiger partial charge >= 0.3 is 0 Å². The third kappa shape index (κ3) is 3.77. The maximum Gasteiger partial charge on any atom is 0.225 e. The molecule has 4 rings (SSSR count). The Bertz CT molecular complexity index is 854. The van der Waals surface area contributed by atoms with E-state index < -0.39 is 0 Å². The Hall–Kier alpha value is -3.09. The normalized spacial score (nSPS) is 17.1. The average molecular weight is 347 g/mol. The maximum atomic E-state index is 4.69. The zero-order valence-electron chi connectivity index (χ0n) is 14.7. The van der Waals surface area contributed by atoms with Crippen molar-refractivity contribution in [2.24, 2.45) is 0 Å². The van der Waals surface area contributed by atoms with Crippen LogP contribution in [0.1, 0.15) is 30.3 Å². The van der Waals surface area contributed by atoms with Crippen LogP contribution in [0.3, 0.4) is 0 Å². The fourth-order valence-electron chi connectivity index (χ4n) is 3.29. The lowest BCUT2D eigenvalue weighted by Crippen LogP contribution is -2.35. The highest BCUT2D eigenvalue weighted by Crippen LogP contribution is 2.28. The largest absolute Gasteiger partial charge is 0.340 e. The smallest absolute Gasteiger partial charge is 0.225 e. The molecule has 0 spiro atoms. The SMILES string of the molecule is Cc1nc(Nc2ccccn2)cc([C@H]2CCCN(c3ncccn3)C2)n1. The van der Waals surface area contributed by atoms with Crippen molar-refractivity contribution in [2.75, 3.05) is 23.3 Å². The number of aromatic nitrogens is 5. The first kappa shape index (κ1) is 16.4. The highest BCUT2D eigenvalue weighted by molar-refractivity contribution is 5.52. The van der Waals surface area contributed by atoms with Crippen molar-refractivity contribution in [1.29, 1.82) is 0 Å². The van der Waals surface area contributed by atoms with Gasteiger partial charge in [0.1, 0.15) is 17.5 Å². The van der Waals surface area contributed by atoms with Crippen LogP contribution in [0, 0.1) is 6.92 Å². The lowest BCUT2D eigenvalue weighted by atomic mass is 9.94. The van der Waals surface area contributed by atoms with Crippen molar-refractivity contribution < 1.29 is 0 Å². The summed E-state index contributed by atoms with van der Waals surface area (Å²) in [5.41, 5.74) is 1.05. The van der Waals surface area contributed by atoms with Crippen LogP contribution in [0.2, 0.25) is 0 Å². The number of anilines is 3. The second-order valence-corrected chi connectivity index (χ2v) is 6.40. The van der Waals surface area contributed by atoms with Gasteiger partial charge < -0.3 is 10.2 Å². The van der Waals surface area contributed by atoms with E-state index in [1.165, 1.54) is 0 Å². The van der Waals surface area contributed by atoms with Crippen LogP contribution < -0.4 is 10.2 Å². The molecule has 4 heterocycles. The second kappa shape index (κ2) is 7.43. The molecular formula is C19H21N7. The first-order chi connectivity index (χ1) is 12.8. The molecule has 0 unspecified atom stereocenters. The molecule has 1 N–H and O–H groups in total. The van der Waals surface area contributed by atoms with Gasteiger partial charge in [0.2, 0.25) is 5.95 Å².